The number of hydrogen-bond donors (Lipinski definition) is 2. The molecule has 2 aromatic carbocycles. The minimum atomic E-state index is -5.08. The predicted octanol–water partition coefficient (Wildman–Crippen LogP) is 4.48. The van der Waals surface area contributed by atoms with Crippen molar-refractivity contribution in [3.05, 3.63) is 71.9 Å². The van der Waals surface area contributed by atoms with Gasteiger partial charge in [-0.2, -0.15) is 13.2 Å². The number of nitrogens with zero attached hydrogens (tertiary/aromatic N) is 3. The molecule has 166 valence electrons. The van der Waals surface area contributed by atoms with E-state index in [9.17, 15) is 18.0 Å². The van der Waals surface area contributed by atoms with E-state index >= 15 is 0 Å². The average Bonchev–Trinajstić information content (AvgIpc) is 3.39. The van der Waals surface area contributed by atoms with Crippen LogP contribution in [0.2, 0.25) is 5.02 Å². The van der Waals surface area contributed by atoms with Gasteiger partial charge in [0, 0.05) is 23.5 Å². The topological polar surface area (TPSA) is 110 Å². The molecule has 2 N–H and O–H groups in total. The SMILES string of the molecule is O=C(Cc1noc2ccccc12)Nc1ccc(-n2ccnc2)c(Cl)c1.O=C(O)C(F)(F)F. The Bertz CT molecular complexity index is 1240. The second kappa shape index (κ2) is 9.52. The molecule has 4 aromatic rings. The van der Waals surface area contributed by atoms with E-state index in [-0.39, 0.29) is 12.3 Å². The highest BCUT2D eigenvalue weighted by Gasteiger charge is 2.38. The Hall–Kier alpha value is -3.86. The highest BCUT2D eigenvalue weighted by Crippen LogP contribution is 2.25. The van der Waals surface area contributed by atoms with Crippen molar-refractivity contribution < 1.29 is 32.4 Å². The largest absolute Gasteiger partial charge is 0.490 e. The summed E-state index contributed by atoms with van der Waals surface area (Å²) in [6.45, 7) is 0. The van der Waals surface area contributed by atoms with Crippen LogP contribution in [0, 0.1) is 0 Å². The van der Waals surface area contributed by atoms with Crippen LogP contribution < -0.4 is 5.32 Å². The Labute approximate surface area is 183 Å². The Kier molecular flexibility index (Phi) is 6.79. The molecule has 0 spiro atoms. The van der Waals surface area contributed by atoms with Crippen molar-refractivity contribution >= 4 is 40.1 Å². The number of carbonyl (C=O) groups excluding carboxylic acids is 1. The number of carbonyl (C=O) groups is 2. The zero-order valence-electron chi connectivity index (χ0n) is 16.0. The summed E-state index contributed by atoms with van der Waals surface area (Å²) in [5.41, 5.74) is 2.68. The first-order chi connectivity index (χ1) is 15.1. The Balaban J connectivity index is 0.000000360. The highest BCUT2D eigenvalue weighted by molar-refractivity contribution is 6.32. The monoisotopic (exact) mass is 466 g/mol. The minimum Gasteiger partial charge on any atom is -0.475 e. The first-order valence-corrected chi connectivity index (χ1v) is 9.24. The van der Waals surface area contributed by atoms with Gasteiger partial charge in [0.05, 0.1) is 23.5 Å². The number of rotatable bonds is 4. The van der Waals surface area contributed by atoms with E-state index in [1.807, 2.05) is 30.3 Å². The number of imidazole rings is 1. The zero-order chi connectivity index (χ0) is 23.3. The molecule has 0 fully saturated rings. The van der Waals surface area contributed by atoms with E-state index in [1.54, 1.807) is 35.4 Å². The Morgan fingerprint density at radius 2 is 1.91 bits per heavy atom. The van der Waals surface area contributed by atoms with Crippen LogP contribution >= 0.6 is 11.6 Å². The van der Waals surface area contributed by atoms with Crippen molar-refractivity contribution in [2.75, 3.05) is 5.32 Å². The molecule has 0 radical (unpaired) electrons. The number of amides is 1. The molecular weight excluding hydrogens is 453 g/mol. The number of para-hydroxylation sites is 1. The number of carboxylic acid groups (broad SMARTS) is 1. The van der Waals surface area contributed by atoms with Gasteiger partial charge in [-0.25, -0.2) is 9.78 Å². The molecule has 2 aromatic heterocycles. The summed E-state index contributed by atoms with van der Waals surface area (Å²) in [6, 6.07) is 12.8. The van der Waals surface area contributed by atoms with E-state index in [0.29, 0.717) is 22.0 Å². The van der Waals surface area contributed by atoms with E-state index in [0.717, 1.165) is 11.1 Å². The third-order valence-corrected chi connectivity index (χ3v) is 4.34. The maximum atomic E-state index is 12.3. The smallest absolute Gasteiger partial charge is 0.475 e. The van der Waals surface area contributed by atoms with Gasteiger partial charge >= 0.3 is 12.1 Å². The van der Waals surface area contributed by atoms with Crippen LogP contribution in [0.15, 0.2) is 65.7 Å². The molecule has 0 aliphatic heterocycles. The lowest BCUT2D eigenvalue weighted by Crippen LogP contribution is -2.21. The van der Waals surface area contributed by atoms with Crippen molar-refractivity contribution in [2.45, 2.75) is 12.6 Å². The van der Waals surface area contributed by atoms with Gasteiger partial charge in [-0.05, 0) is 30.3 Å². The average molecular weight is 467 g/mol. The number of alkyl halides is 3. The lowest BCUT2D eigenvalue weighted by atomic mass is 10.1. The van der Waals surface area contributed by atoms with Gasteiger partial charge in [-0.15, -0.1) is 0 Å². The molecule has 8 nitrogen and oxygen atoms in total. The Morgan fingerprint density at radius 1 is 1.19 bits per heavy atom. The number of anilines is 1. The van der Waals surface area contributed by atoms with Gasteiger partial charge in [-0.3, -0.25) is 4.79 Å². The summed E-state index contributed by atoms with van der Waals surface area (Å²) in [6.07, 6.45) is 0.177. The molecule has 0 aliphatic carbocycles. The van der Waals surface area contributed by atoms with Crippen LogP contribution in [0.3, 0.4) is 0 Å². The van der Waals surface area contributed by atoms with E-state index < -0.39 is 12.1 Å². The number of carboxylic acids is 1. The van der Waals surface area contributed by atoms with Gasteiger partial charge in [0.1, 0.15) is 5.69 Å². The van der Waals surface area contributed by atoms with Gasteiger partial charge in [0.15, 0.2) is 5.58 Å². The quantitative estimate of drug-likeness (QED) is 0.459. The molecule has 32 heavy (non-hydrogen) atoms. The molecule has 4 rings (SSSR count). The fourth-order valence-corrected chi connectivity index (χ4v) is 2.90. The lowest BCUT2D eigenvalue weighted by molar-refractivity contribution is -0.192. The second-order valence-corrected chi connectivity index (χ2v) is 6.70. The van der Waals surface area contributed by atoms with Crippen molar-refractivity contribution in [2.24, 2.45) is 0 Å². The number of nitrogens with one attached hydrogen (secondary N) is 1. The fraction of sp³-hybridized carbons (Fsp3) is 0.100. The van der Waals surface area contributed by atoms with Gasteiger partial charge in [0.2, 0.25) is 5.91 Å². The van der Waals surface area contributed by atoms with Crippen LogP contribution in [0.25, 0.3) is 16.7 Å². The van der Waals surface area contributed by atoms with Crippen LogP contribution in [0.1, 0.15) is 5.69 Å². The van der Waals surface area contributed by atoms with Crippen LogP contribution in [0.4, 0.5) is 18.9 Å². The number of aromatic nitrogens is 3. The van der Waals surface area contributed by atoms with Crippen LogP contribution in [-0.2, 0) is 16.0 Å². The summed E-state index contributed by atoms with van der Waals surface area (Å²) in [5, 5.41) is 15.3. The number of aliphatic carboxylic acids is 1. The first kappa shape index (κ1) is 22.8. The predicted molar refractivity (Wildman–Crippen MR) is 109 cm³/mol. The maximum Gasteiger partial charge on any atom is 0.490 e. The maximum absolute atomic E-state index is 12.3. The molecule has 0 unspecified atom stereocenters. The van der Waals surface area contributed by atoms with E-state index in [2.05, 4.69) is 15.5 Å². The molecule has 2 heterocycles. The molecule has 0 bridgehead atoms. The van der Waals surface area contributed by atoms with Crippen molar-refractivity contribution in [3.8, 4) is 5.69 Å². The number of halogens is 4. The van der Waals surface area contributed by atoms with Crippen molar-refractivity contribution in [1.82, 2.24) is 14.7 Å². The highest BCUT2D eigenvalue weighted by atomic mass is 35.5. The minimum absolute atomic E-state index is 0.123. The number of hydrogen-bond acceptors (Lipinski definition) is 5. The summed E-state index contributed by atoms with van der Waals surface area (Å²) in [4.78, 5) is 25.2. The summed E-state index contributed by atoms with van der Waals surface area (Å²) >= 11 is 6.30. The lowest BCUT2D eigenvalue weighted by Gasteiger charge is -2.09. The number of fused-ring (bicyclic) bond motifs is 1. The summed E-state index contributed by atoms with van der Waals surface area (Å²) in [5.74, 6) is -2.95. The van der Waals surface area contributed by atoms with Crippen molar-refractivity contribution in [3.63, 3.8) is 0 Å². The molecule has 0 aliphatic rings. The molecule has 1 amide bonds. The summed E-state index contributed by atoms with van der Waals surface area (Å²) < 4.78 is 38.8. The standard InChI is InChI=1S/C18H13ClN4O2.C2HF3O2/c19-14-9-12(5-6-16(14)23-8-7-20-11-23)21-18(24)10-15-13-3-1-2-4-17(13)25-22-15;3-2(4,5)1(6)7/h1-9,11H,10H2,(H,21,24);(H,6,7). The van der Waals surface area contributed by atoms with Gasteiger partial charge < -0.3 is 19.5 Å². The Morgan fingerprint density at radius 3 is 2.53 bits per heavy atom. The third-order valence-electron chi connectivity index (χ3n) is 4.04. The molecular formula is C20H14ClF3N4O4. The van der Waals surface area contributed by atoms with Gasteiger partial charge in [-0.1, -0.05) is 28.9 Å². The fourth-order valence-electron chi connectivity index (χ4n) is 2.62. The summed E-state index contributed by atoms with van der Waals surface area (Å²) in [7, 11) is 0. The number of benzene rings is 2. The van der Waals surface area contributed by atoms with Crippen LogP contribution in [-0.4, -0.2) is 37.9 Å². The molecule has 0 saturated heterocycles. The van der Waals surface area contributed by atoms with Gasteiger partial charge in [0.25, 0.3) is 0 Å². The van der Waals surface area contributed by atoms with Crippen LogP contribution in [0.5, 0.6) is 0 Å². The molecule has 12 heteroatoms. The first-order valence-electron chi connectivity index (χ1n) is 8.86. The molecule has 0 atom stereocenters. The van der Waals surface area contributed by atoms with Crippen molar-refractivity contribution in [1.29, 1.82) is 0 Å². The molecule has 0 saturated carbocycles. The third kappa shape index (κ3) is 5.64. The van der Waals surface area contributed by atoms with E-state index in [1.165, 1.54) is 0 Å². The zero-order valence-corrected chi connectivity index (χ0v) is 16.8. The van der Waals surface area contributed by atoms with E-state index in [4.69, 9.17) is 26.0 Å². The second-order valence-electron chi connectivity index (χ2n) is 6.29. The normalized spacial score (nSPS) is 11.0.